The number of amidine groups is 1. The number of nitrogens with one attached hydrogen (secondary N) is 1. The first-order chi connectivity index (χ1) is 17.0. The fraction of sp³-hybridized carbons (Fsp3) is 0.593. The fourth-order valence-corrected chi connectivity index (χ4v) is 6.51. The summed E-state index contributed by atoms with van der Waals surface area (Å²) < 4.78 is 27.5. The third-order valence-electron chi connectivity index (χ3n) is 7.92. The summed E-state index contributed by atoms with van der Waals surface area (Å²) >= 11 is 0. The lowest BCUT2D eigenvalue weighted by molar-refractivity contribution is -0.128. The maximum absolute atomic E-state index is 13.0. The molecule has 1 aromatic carbocycles. The maximum Gasteiger partial charge on any atom is 0.253 e. The average molecular weight is 515 g/mol. The predicted octanol–water partition coefficient (Wildman–Crippen LogP) is 3.12. The van der Waals surface area contributed by atoms with Crippen molar-refractivity contribution in [2.75, 3.05) is 27.2 Å². The Kier molecular flexibility index (Phi) is 7.71. The minimum Gasteiger partial charge on any atom is -0.349 e. The molecule has 0 radical (unpaired) electrons. The van der Waals surface area contributed by atoms with Gasteiger partial charge in [0.15, 0.2) is 0 Å². The molecule has 0 aromatic heterocycles. The van der Waals surface area contributed by atoms with Crippen LogP contribution in [0.2, 0.25) is 0 Å². The number of hydrogen-bond acceptors (Lipinski definition) is 5. The van der Waals surface area contributed by atoms with Crippen LogP contribution in [0.4, 0.5) is 0 Å². The Labute approximate surface area is 214 Å². The van der Waals surface area contributed by atoms with Crippen LogP contribution in [-0.2, 0) is 26.0 Å². The van der Waals surface area contributed by atoms with Crippen molar-refractivity contribution >= 4 is 33.7 Å². The number of rotatable bonds is 6. The summed E-state index contributed by atoms with van der Waals surface area (Å²) in [5.41, 5.74) is 1.76. The Morgan fingerprint density at radius 2 is 1.86 bits per heavy atom. The van der Waals surface area contributed by atoms with E-state index in [1.54, 1.807) is 25.1 Å². The number of nitrogens with zero attached hydrogens (tertiary/aromatic N) is 3. The first kappa shape index (κ1) is 26.5. The van der Waals surface area contributed by atoms with Crippen molar-refractivity contribution in [3.05, 3.63) is 40.3 Å². The van der Waals surface area contributed by atoms with Crippen molar-refractivity contribution in [3.63, 3.8) is 0 Å². The number of amides is 2. The second-order valence-corrected chi connectivity index (χ2v) is 12.7. The van der Waals surface area contributed by atoms with Gasteiger partial charge in [-0.05, 0) is 61.3 Å². The van der Waals surface area contributed by atoms with Gasteiger partial charge in [-0.15, -0.1) is 0 Å². The molecular weight excluding hydrogens is 476 g/mol. The lowest BCUT2D eigenvalue weighted by atomic mass is 9.82. The topological polar surface area (TPSA) is 99.2 Å². The van der Waals surface area contributed by atoms with E-state index in [1.165, 1.54) is 9.71 Å². The number of hydrogen-bond donors (Lipinski definition) is 1. The average Bonchev–Trinajstić information content (AvgIpc) is 3.14. The largest absolute Gasteiger partial charge is 0.349 e. The molecule has 1 N–H and O–H groups in total. The van der Waals surface area contributed by atoms with E-state index in [9.17, 15) is 18.0 Å². The lowest BCUT2D eigenvalue weighted by Gasteiger charge is -2.34. The first-order valence-electron chi connectivity index (χ1n) is 12.9. The Morgan fingerprint density at radius 1 is 1.19 bits per heavy atom. The Balaban J connectivity index is 1.39. The molecule has 3 aliphatic rings. The Morgan fingerprint density at radius 3 is 2.47 bits per heavy atom. The zero-order chi connectivity index (χ0) is 26.1. The quantitative estimate of drug-likeness (QED) is 0.631. The maximum atomic E-state index is 13.0. The van der Waals surface area contributed by atoms with Gasteiger partial charge in [0.2, 0.25) is 15.9 Å². The molecular formula is C27H38N4O4S. The smallest absolute Gasteiger partial charge is 0.253 e. The van der Waals surface area contributed by atoms with E-state index < -0.39 is 15.6 Å². The summed E-state index contributed by atoms with van der Waals surface area (Å²) in [6, 6.07) is 5.61. The van der Waals surface area contributed by atoms with Gasteiger partial charge in [-0.3, -0.25) is 14.6 Å². The summed E-state index contributed by atoms with van der Waals surface area (Å²) in [7, 11) is -0.184. The summed E-state index contributed by atoms with van der Waals surface area (Å²) in [6.07, 6.45) is 7.11. The van der Waals surface area contributed by atoms with Gasteiger partial charge in [-0.25, -0.2) is 8.42 Å². The first-order valence-corrected chi connectivity index (χ1v) is 14.4. The van der Waals surface area contributed by atoms with Crippen LogP contribution in [0.5, 0.6) is 0 Å². The van der Waals surface area contributed by atoms with Gasteiger partial charge in [0.05, 0.1) is 6.42 Å². The van der Waals surface area contributed by atoms with Gasteiger partial charge in [-0.2, -0.15) is 4.31 Å². The van der Waals surface area contributed by atoms with Gasteiger partial charge in [0.25, 0.3) is 5.91 Å². The number of carbonyl (C=O) groups is 2. The number of piperidine rings is 1. The van der Waals surface area contributed by atoms with Crippen LogP contribution in [0.1, 0.15) is 62.1 Å². The molecule has 1 aliphatic carbocycles. The molecule has 2 heterocycles. The Hall–Kier alpha value is -2.52. The number of aliphatic imine (C=N–C) groups is 1. The number of sulfonamides is 1. The van der Waals surface area contributed by atoms with Crippen LogP contribution in [0.25, 0.3) is 6.08 Å². The van der Waals surface area contributed by atoms with Crippen LogP contribution < -0.4 is 5.32 Å². The minimum atomic E-state index is -3.63. The van der Waals surface area contributed by atoms with Gasteiger partial charge in [-0.1, -0.05) is 38.0 Å². The molecule has 196 valence electrons. The van der Waals surface area contributed by atoms with Crippen molar-refractivity contribution in [3.8, 4) is 0 Å². The van der Waals surface area contributed by atoms with E-state index >= 15 is 0 Å². The lowest BCUT2D eigenvalue weighted by Crippen LogP contribution is -2.50. The highest BCUT2D eigenvalue weighted by molar-refractivity contribution is 7.92. The van der Waals surface area contributed by atoms with Crippen molar-refractivity contribution in [2.45, 2.75) is 64.3 Å². The fourth-order valence-electron chi connectivity index (χ4n) is 5.33. The van der Waals surface area contributed by atoms with Crippen LogP contribution in [-0.4, -0.2) is 68.0 Å². The second kappa shape index (κ2) is 10.5. The van der Waals surface area contributed by atoms with E-state index in [-0.39, 0.29) is 24.9 Å². The third-order valence-corrected chi connectivity index (χ3v) is 9.48. The molecule has 1 saturated carbocycles. The summed E-state index contributed by atoms with van der Waals surface area (Å²) in [6.45, 7) is 4.70. The molecule has 4 rings (SSSR count). The molecule has 1 aromatic rings. The zero-order valence-electron chi connectivity index (χ0n) is 21.8. The van der Waals surface area contributed by atoms with Crippen molar-refractivity contribution < 1.29 is 18.0 Å². The van der Waals surface area contributed by atoms with E-state index in [0.717, 1.165) is 54.1 Å². The molecule has 36 heavy (non-hydrogen) atoms. The predicted molar refractivity (Wildman–Crippen MR) is 142 cm³/mol. The number of benzene rings is 1. The van der Waals surface area contributed by atoms with E-state index in [1.807, 2.05) is 25.1 Å². The molecule has 0 atom stereocenters. The number of aryl methyl sites for hydroxylation is 1. The highest BCUT2D eigenvalue weighted by atomic mass is 32.2. The van der Waals surface area contributed by atoms with Gasteiger partial charge in [0.1, 0.15) is 11.4 Å². The molecule has 8 nitrogen and oxygen atoms in total. The van der Waals surface area contributed by atoms with Crippen molar-refractivity contribution in [2.24, 2.45) is 16.8 Å². The van der Waals surface area contributed by atoms with Crippen LogP contribution in [0.15, 0.2) is 28.6 Å². The highest BCUT2D eigenvalue weighted by Gasteiger charge is 2.48. The molecule has 0 unspecified atom stereocenters. The number of carbonyl (C=O) groups excluding carboxylic acids is 2. The van der Waals surface area contributed by atoms with Crippen molar-refractivity contribution in [1.29, 1.82) is 0 Å². The zero-order valence-corrected chi connectivity index (χ0v) is 22.6. The van der Waals surface area contributed by atoms with Crippen LogP contribution >= 0.6 is 0 Å². The van der Waals surface area contributed by atoms with Gasteiger partial charge in [0, 0.05) is 38.5 Å². The molecule has 1 spiro atoms. The molecule has 9 heteroatoms. The third kappa shape index (κ3) is 5.72. The van der Waals surface area contributed by atoms with Crippen LogP contribution in [0.3, 0.4) is 0 Å². The normalized spacial score (nSPS) is 24.7. The molecule has 0 bridgehead atoms. The second-order valence-electron chi connectivity index (χ2n) is 10.8. The van der Waals surface area contributed by atoms with Crippen LogP contribution in [0, 0.1) is 18.8 Å². The molecule has 2 aliphatic heterocycles. The summed E-state index contributed by atoms with van der Waals surface area (Å²) in [5, 5.41) is 4.27. The van der Waals surface area contributed by atoms with E-state index in [2.05, 4.69) is 12.2 Å². The molecule has 2 fully saturated rings. The van der Waals surface area contributed by atoms with E-state index in [0.29, 0.717) is 25.2 Å². The SMILES string of the molecule is Cc1cc(CC(=O)N(C)C)ccc1C=CS(=O)(=O)N1CCC2(CC1)N=C(C1CCC(C)CC1)NC2=O. The minimum absolute atomic E-state index is 0.0175. The van der Waals surface area contributed by atoms with E-state index in [4.69, 9.17) is 4.99 Å². The van der Waals surface area contributed by atoms with Crippen molar-refractivity contribution in [1.82, 2.24) is 14.5 Å². The Bertz CT molecular complexity index is 1170. The molecule has 1 saturated heterocycles. The summed E-state index contributed by atoms with van der Waals surface area (Å²) in [4.78, 5) is 31.2. The van der Waals surface area contributed by atoms with Gasteiger partial charge < -0.3 is 10.2 Å². The summed E-state index contributed by atoms with van der Waals surface area (Å²) in [5.74, 6) is 1.79. The van der Waals surface area contributed by atoms with Gasteiger partial charge >= 0.3 is 0 Å². The number of likely N-dealkylation sites (N-methyl/N-ethyl adjacent to an activating group) is 1. The standard InChI is InChI=1S/C27H38N4O4S/c1-19-5-8-23(9-6-19)25-28-26(33)27(29-25)12-14-31(15-13-27)36(34,35)16-11-22-10-7-21(17-20(22)2)18-24(32)30(3)4/h7,10-11,16-17,19,23H,5-6,8-9,12-15,18H2,1-4H3,(H,28,29,33). The monoisotopic (exact) mass is 514 g/mol. The highest BCUT2D eigenvalue weighted by Crippen LogP contribution is 2.36. The molecule has 2 amide bonds.